The zero-order chi connectivity index (χ0) is 12.9. The van der Waals surface area contributed by atoms with E-state index in [1.54, 1.807) is 17.4 Å². The number of carbonyl (C=O) groups is 1. The van der Waals surface area contributed by atoms with Gasteiger partial charge < -0.3 is 10.4 Å². The number of rotatable bonds is 4. The molecule has 3 nitrogen and oxygen atoms in total. The van der Waals surface area contributed by atoms with Crippen LogP contribution in [0.2, 0.25) is 0 Å². The average molecular weight is 265 g/mol. The summed E-state index contributed by atoms with van der Waals surface area (Å²) in [5, 5.41) is 10.9. The van der Waals surface area contributed by atoms with E-state index in [4.69, 9.17) is 5.11 Å². The van der Waals surface area contributed by atoms with Gasteiger partial charge in [-0.05, 0) is 18.2 Å². The zero-order valence-electron chi connectivity index (χ0n) is 8.62. The highest BCUT2D eigenvalue weighted by Gasteiger charge is 2.27. The maximum Gasteiger partial charge on any atom is 0.405 e. The number of thioether (sulfide) groups is 1. The zero-order valence-corrected chi connectivity index (χ0v) is 9.44. The van der Waals surface area contributed by atoms with Crippen molar-refractivity contribution in [1.82, 2.24) is 5.32 Å². The predicted molar refractivity (Wildman–Crippen MR) is 57.9 cm³/mol. The molecular formula is C10H10F3NO2S. The molecule has 0 radical (unpaired) electrons. The molecule has 0 heterocycles. The fourth-order valence-corrected chi connectivity index (χ4v) is 1.75. The number of hydrogen-bond acceptors (Lipinski definition) is 3. The summed E-state index contributed by atoms with van der Waals surface area (Å²) in [5.74, 6) is -0.777. The van der Waals surface area contributed by atoms with E-state index in [-0.39, 0.29) is 11.5 Å². The van der Waals surface area contributed by atoms with Crippen LogP contribution < -0.4 is 5.32 Å². The molecule has 0 aliphatic carbocycles. The summed E-state index contributed by atoms with van der Waals surface area (Å²) in [7, 11) is 0. The minimum absolute atomic E-state index is 0.0469. The lowest BCUT2D eigenvalue weighted by Gasteiger charge is -2.08. The van der Waals surface area contributed by atoms with Crippen molar-refractivity contribution in [2.45, 2.75) is 11.1 Å². The first-order valence-electron chi connectivity index (χ1n) is 4.62. The smallest absolute Gasteiger partial charge is 0.405 e. The van der Waals surface area contributed by atoms with Gasteiger partial charge >= 0.3 is 6.18 Å². The van der Waals surface area contributed by atoms with Crippen LogP contribution in [0.15, 0.2) is 29.2 Å². The van der Waals surface area contributed by atoms with Crippen LogP contribution in [0.5, 0.6) is 5.75 Å². The van der Waals surface area contributed by atoms with Crippen molar-refractivity contribution in [3.05, 3.63) is 24.3 Å². The second-order valence-electron chi connectivity index (χ2n) is 3.18. The second kappa shape index (κ2) is 5.81. The minimum atomic E-state index is -4.40. The van der Waals surface area contributed by atoms with Crippen molar-refractivity contribution in [2.24, 2.45) is 0 Å². The number of hydrogen-bond donors (Lipinski definition) is 2. The molecule has 94 valence electrons. The first kappa shape index (κ1) is 13.7. The summed E-state index contributed by atoms with van der Waals surface area (Å²) in [6, 6.07) is 6.14. The monoisotopic (exact) mass is 265 g/mol. The SMILES string of the molecule is O=C(CSc1cccc(O)c1)NCC(F)(F)F. The van der Waals surface area contributed by atoms with E-state index in [0.29, 0.717) is 4.90 Å². The molecule has 0 atom stereocenters. The van der Waals surface area contributed by atoms with Crippen LogP contribution in [0.25, 0.3) is 0 Å². The van der Waals surface area contributed by atoms with E-state index in [9.17, 15) is 18.0 Å². The number of carbonyl (C=O) groups excluding carboxylic acids is 1. The Hall–Kier alpha value is -1.37. The molecule has 2 N–H and O–H groups in total. The molecule has 0 spiro atoms. The van der Waals surface area contributed by atoms with Crippen molar-refractivity contribution in [1.29, 1.82) is 0 Å². The van der Waals surface area contributed by atoms with E-state index in [2.05, 4.69) is 0 Å². The van der Waals surface area contributed by atoms with Gasteiger partial charge in [-0.15, -0.1) is 11.8 Å². The molecule has 0 aromatic heterocycles. The van der Waals surface area contributed by atoms with Crippen molar-refractivity contribution < 1.29 is 23.1 Å². The maximum absolute atomic E-state index is 11.8. The number of nitrogens with one attached hydrogen (secondary N) is 1. The number of halogens is 3. The fourth-order valence-electron chi connectivity index (χ4n) is 0.972. The normalized spacial score (nSPS) is 11.2. The van der Waals surface area contributed by atoms with Gasteiger partial charge in [-0.3, -0.25) is 4.79 Å². The number of phenolic OH excluding ortho intramolecular Hbond substituents is 1. The van der Waals surface area contributed by atoms with E-state index in [1.165, 1.54) is 12.1 Å². The van der Waals surface area contributed by atoms with Crippen LogP contribution in [0.1, 0.15) is 0 Å². The highest BCUT2D eigenvalue weighted by molar-refractivity contribution is 8.00. The van der Waals surface area contributed by atoms with Crippen LogP contribution >= 0.6 is 11.8 Å². The first-order valence-corrected chi connectivity index (χ1v) is 5.61. The largest absolute Gasteiger partial charge is 0.508 e. The molecule has 0 fully saturated rings. The van der Waals surface area contributed by atoms with Gasteiger partial charge in [0, 0.05) is 4.90 Å². The van der Waals surface area contributed by atoms with Crippen LogP contribution in [0.4, 0.5) is 13.2 Å². The number of alkyl halides is 3. The topological polar surface area (TPSA) is 49.3 Å². The molecule has 1 aromatic rings. The third-order valence-corrected chi connectivity index (χ3v) is 2.67. The summed E-state index contributed by atoms with van der Waals surface area (Å²) in [4.78, 5) is 11.7. The Morgan fingerprint density at radius 3 is 2.71 bits per heavy atom. The minimum Gasteiger partial charge on any atom is -0.508 e. The first-order chi connectivity index (χ1) is 7.87. The van der Waals surface area contributed by atoms with Crippen molar-refractivity contribution in [2.75, 3.05) is 12.3 Å². The Morgan fingerprint density at radius 2 is 2.12 bits per heavy atom. The summed E-state index contributed by atoms with van der Waals surface area (Å²) in [6.07, 6.45) is -4.40. The predicted octanol–water partition coefficient (Wildman–Crippen LogP) is 2.16. The number of benzene rings is 1. The molecule has 0 aliphatic rings. The van der Waals surface area contributed by atoms with E-state index in [1.807, 2.05) is 0 Å². The molecule has 17 heavy (non-hydrogen) atoms. The molecule has 0 aliphatic heterocycles. The van der Waals surface area contributed by atoms with E-state index in [0.717, 1.165) is 11.8 Å². The highest BCUT2D eigenvalue weighted by atomic mass is 32.2. The molecule has 0 bridgehead atoms. The van der Waals surface area contributed by atoms with Gasteiger partial charge in [0.1, 0.15) is 12.3 Å². The Bertz CT molecular complexity index is 395. The maximum atomic E-state index is 11.8. The second-order valence-corrected chi connectivity index (χ2v) is 4.23. The third-order valence-electron chi connectivity index (χ3n) is 1.67. The Labute approximate surface area is 100 Å². The van der Waals surface area contributed by atoms with Gasteiger partial charge in [0.15, 0.2) is 0 Å². The summed E-state index contributed by atoms with van der Waals surface area (Å²) in [5.41, 5.74) is 0. The summed E-state index contributed by atoms with van der Waals surface area (Å²) < 4.78 is 35.3. The van der Waals surface area contributed by atoms with Crippen molar-refractivity contribution >= 4 is 17.7 Å². The Kier molecular flexibility index (Phi) is 4.68. The van der Waals surface area contributed by atoms with Crippen LogP contribution in [-0.2, 0) is 4.79 Å². The van der Waals surface area contributed by atoms with E-state index < -0.39 is 18.6 Å². The number of phenols is 1. The lowest BCUT2D eigenvalue weighted by Crippen LogP contribution is -2.34. The number of amides is 1. The standard InChI is InChI=1S/C10H10F3NO2S/c11-10(12,13)6-14-9(16)5-17-8-3-1-2-7(15)4-8/h1-4,15H,5-6H2,(H,14,16). The molecule has 0 unspecified atom stereocenters. The molecule has 1 amide bonds. The van der Waals surface area contributed by atoms with Gasteiger partial charge in [0.05, 0.1) is 5.75 Å². The average Bonchev–Trinajstić information content (AvgIpc) is 2.23. The molecule has 1 aromatic carbocycles. The fraction of sp³-hybridized carbons (Fsp3) is 0.300. The molecule has 1 rings (SSSR count). The van der Waals surface area contributed by atoms with Gasteiger partial charge in [-0.2, -0.15) is 13.2 Å². The lowest BCUT2D eigenvalue weighted by atomic mass is 10.3. The summed E-state index contributed by atoms with van der Waals surface area (Å²) >= 11 is 1.05. The van der Waals surface area contributed by atoms with Crippen LogP contribution in [0.3, 0.4) is 0 Å². The molecule has 7 heteroatoms. The molecule has 0 saturated carbocycles. The lowest BCUT2D eigenvalue weighted by molar-refractivity contribution is -0.136. The van der Waals surface area contributed by atoms with Crippen LogP contribution in [-0.4, -0.2) is 29.5 Å². The quantitative estimate of drug-likeness (QED) is 0.820. The van der Waals surface area contributed by atoms with Crippen molar-refractivity contribution in [3.63, 3.8) is 0 Å². The van der Waals surface area contributed by atoms with Gasteiger partial charge in [0.25, 0.3) is 0 Å². The molecular weight excluding hydrogens is 255 g/mol. The number of aromatic hydroxyl groups is 1. The van der Waals surface area contributed by atoms with Crippen molar-refractivity contribution in [3.8, 4) is 5.75 Å². The summed E-state index contributed by atoms with van der Waals surface area (Å²) in [6.45, 7) is -1.33. The highest BCUT2D eigenvalue weighted by Crippen LogP contribution is 2.21. The Balaban J connectivity index is 2.33. The van der Waals surface area contributed by atoms with Crippen LogP contribution in [0, 0.1) is 0 Å². The Morgan fingerprint density at radius 1 is 1.41 bits per heavy atom. The van der Waals surface area contributed by atoms with Gasteiger partial charge in [0.2, 0.25) is 5.91 Å². The van der Waals surface area contributed by atoms with Gasteiger partial charge in [-0.25, -0.2) is 0 Å². The molecule has 0 saturated heterocycles. The van der Waals surface area contributed by atoms with E-state index >= 15 is 0 Å². The van der Waals surface area contributed by atoms with Gasteiger partial charge in [-0.1, -0.05) is 6.07 Å². The third kappa shape index (κ3) is 6.06.